The quantitative estimate of drug-likeness (QED) is 0.494. The van der Waals surface area contributed by atoms with Crippen LogP contribution in [-0.4, -0.2) is 58.4 Å². The van der Waals surface area contributed by atoms with Crippen LogP contribution in [0.15, 0.2) is 61.2 Å². The zero-order chi connectivity index (χ0) is 23.2. The van der Waals surface area contributed by atoms with E-state index >= 15 is 0 Å². The monoisotopic (exact) mass is 457 g/mol. The summed E-state index contributed by atoms with van der Waals surface area (Å²) in [6, 6.07) is 10.1. The molecule has 2 aliphatic rings. The number of nitrogens with one attached hydrogen (secondary N) is 1. The number of carbonyl (C=O) groups is 1. The second-order valence-electron chi connectivity index (χ2n) is 9.08. The number of aromatic nitrogens is 3. The molecule has 0 unspecified atom stereocenters. The Bertz CT molecular complexity index is 1130. The molecule has 0 atom stereocenters. The Balaban J connectivity index is 1.16. The van der Waals surface area contributed by atoms with Gasteiger partial charge in [0.2, 0.25) is 5.91 Å². The van der Waals surface area contributed by atoms with E-state index in [1.165, 1.54) is 18.4 Å². The van der Waals surface area contributed by atoms with Gasteiger partial charge >= 0.3 is 0 Å². The summed E-state index contributed by atoms with van der Waals surface area (Å²) in [4.78, 5) is 19.2. The molecule has 2 fully saturated rings. The van der Waals surface area contributed by atoms with E-state index in [1.54, 1.807) is 18.5 Å². The van der Waals surface area contributed by atoms with Gasteiger partial charge in [-0.1, -0.05) is 12.1 Å². The molecule has 1 amide bonds. The summed E-state index contributed by atoms with van der Waals surface area (Å²) in [5.41, 5.74) is 5.00. The lowest BCUT2D eigenvalue weighted by Gasteiger charge is -2.26. The van der Waals surface area contributed by atoms with E-state index in [1.807, 2.05) is 35.2 Å². The van der Waals surface area contributed by atoms with Gasteiger partial charge < -0.3 is 10.1 Å². The molecule has 5 rings (SSSR count). The number of benzene rings is 1. The SMILES string of the molecule is O=C(/C=C/c1cnccc1-c1cnn(CC2CC2)c1)Nc1ccc(CCN2CCOCC2)cc1. The van der Waals surface area contributed by atoms with Crippen molar-refractivity contribution in [2.45, 2.75) is 25.8 Å². The summed E-state index contributed by atoms with van der Waals surface area (Å²) in [7, 11) is 0. The van der Waals surface area contributed by atoms with E-state index < -0.39 is 0 Å². The minimum atomic E-state index is -0.166. The Labute approximate surface area is 200 Å². The molecule has 34 heavy (non-hydrogen) atoms. The van der Waals surface area contributed by atoms with Crippen LogP contribution in [0.25, 0.3) is 17.2 Å². The fourth-order valence-electron chi connectivity index (χ4n) is 4.19. The Kier molecular flexibility index (Phi) is 7.12. The third-order valence-electron chi connectivity index (χ3n) is 6.39. The molecule has 3 aromatic rings. The van der Waals surface area contributed by atoms with Gasteiger partial charge in [0, 0.05) is 67.7 Å². The van der Waals surface area contributed by atoms with Crippen LogP contribution in [0.4, 0.5) is 5.69 Å². The fraction of sp³-hybridized carbons (Fsp3) is 0.370. The van der Waals surface area contributed by atoms with Crippen molar-refractivity contribution in [2.75, 3.05) is 38.2 Å². The third-order valence-corrected chi connectivity index (χ3v) is 6.39. The number of hydrogen-bond donors (Lipinski definition) is 1. The number of hydrogen-bond acceptors (Lipinski definition) is 5. The molecule has 1 aliphatic carbocycles. The molecule has 1 aliphatic heterocycles. The molecule has 7 heteroatoms. The first kappa shape index (κ1) is 22.5. The Hall–Kier alpha value is -3.29. The van der Waals surface area contributed by atoms with E-state index in [9.17, 15) is 4.79 Å². The molecule has 176 valence electrons. The summed E-state index contributed by atoms with van der Waals surface area (Å²) >= 11 is 0. The lowest BCUT2D eigenvalue weighted by Crippen LogP contribution is -2.37. The van der Waals surface area contributed by atoms with Gasteiger partial charge in [-0.05, 0) is 60.6 Å². The number of morpholine rings is 1. The average Bonchev–Trinajstić information content (AvgIpc) is 3.57. The van der Waals surface area contributed by atoms with Gasteiger partial charge in [0.05, 0.1) is 19.4 Å². The van der Waals surface area contributed by atoms with Crippen molar-refractivity contribution in [1.82, 2.24) is 19.7 Å². The lowest BCUT2D eigenvalue weighted by molar-refractivity contribution is -0.111. The normalized spacial score (nSPS) is 16.7. The van der Waals surface area contributed by atoms with Crippen LogP contribution in [0.3, 0.4) is 0 Å². The number of rotatable bonds is 9. The molecule has 1 N–H and O–H groups in total. The minimum Gasteiger partial charge on any atom is -0.379 e. The van der Waals surface area contributed by atoms with Gasteiger partial charge in [0.15, 0.2) is 0 Å². The average molecular weight is 458 g/mol. The molecule has 7 nitrogen and oxygen atoms in total. The molecule has 0 bridgehead atoms. The molecular formula is C27H31N5O2. The molecule has 2 aromatic heterocycles. The number of amides is 1. The molecule has 0 radical (unpaired) electrons. The zero-order valence-electron chi connectivity index (χ0n) is 19.4. The van der Waals surface area contributed by atoms with Gasteiger partial charge in [-0.25, -0.2) is 0 Å². The second-order valence-corrected chi connectivity index (χ2v) is 9.08. The first-order valence-corrected chi connectivity index (χ1v) is 12.1. The molecule has 3 heterocycles. The van der Waals surface area contributed by atoms with Gasteiger partial charge in [-0.2, -0.15) is 5.10 Å². The maximum Gasteiger partial charge on any atom is 0.248 e. The van der Waals surface area contributed by atoms with Crippen molar-refractivity contribution in [3.05, 3.63) is 72.3 Å². The standard InChI is InChI=1S/C27H31N5O2/c33-27(30-25-6-3-21(4-7-25)10-12-31-13-15-34-16-14-31)8-5-23-17-28-11-9-26(23)24-18-29-32(20-24)19-22-1-2-22/h3-9,11,17-18,20,22H,1-2,10,12-16,19H2,(H,30,33)/b8-5+. The van der Waals surface area contributed by atoms with E-state index in [0.29, 0.717) is 0 Å². The van der Waals surface area contributed by atoms with Crippen LogP contribution in [0.5, 0.6) is 0 Å². The zero-order valence-corrected chi connectivity index (χ0v) is 19.4. The second kappa shape index (κ2) is 10.8. The smallest absolute Gasteiger partial charge is 0.248 e. The van der Waals surface area contributed by atoms with Crippen molar-refractivity contribution in [1.29, 1.82) is 0 Å². The fourth-order valence-corrected chi connectivity index (χ4v) is 4.19. The number of carbonyl (C=O) groups excluding carboxylic acids is 1. The van der Waals surface area contributed by atoms with Crippen molar-refractivity contribution >= 4 is 17.7 Å². The van der Waals surface area contributed by atoms with Crippen molar-refractivity contribution in [3.8, 4) is 11.1 Å². The first-order chi connectivity index (χ1) is 16.7. The maximum atomic E-state index is 12.5. The predicted octanol–water partition coefficient (Wildman–Crippen LogP) is 3.88. The molecule has 0 spiro atoms. The van der Waals surface area contributed by atoms with Gasteiger partial charge in [-0.15, -0.1) is 0 Å². The van der Waals surface area contributed by atoms with Crippen LogP contribution in [0, 0.1) is 5.92 Å². The van der Waals surface area contributed by atoms with Crippen LogP contribution >= 0.6 is 0 Å². The van der Waals surface area contributed by atoms with Crippen molar-refractivity contribution in [3.63, 3.8) is 0 Å². The van der Waals surface area contributed by atoms with Crippen molar-refractivity contribution < 1.29 is 9.53 Å². The van der Waals surface area contributed by atoms with Gasteiger partial charge in [0.25, 0.3) is 0 Å². The summed E-state index contributed by atoms with van der Waals surface area (Å²) in [5.74, 6) is 0.604. The van der Waals surface area contributed by atoms with Gasteiger partial charge in [0.1, 0.15) is 0 Å². The molecule has 1 aromatic carbocycles. The highest BCUT2D eigenvalue weighted by atomic mass is 16.5. The Morgan fingerprint density at radius 1 is 1.12 bits per heavy atom. The number of ether oxygens (including phenoxy) is 1. The Morgan fingerprint density at radius 2 is 1.94 bits per heavy atom. The first-order valence-electron chi connectivity index (χ1n) is 12.1. The summed E-state index contributed by atoms with van der Waals surface area (Å²) in [6.07, 6.45) is 14.5. The highest BCUT2D eigenvalue weighted by Crippen LogP contribution is 2.31. The summed E-state index contributed by atoms with van der Waals surface area (Å²) in [6.45, 7) is 5.66. The van der Waals surface area contributed by atoms with Gasteiger partial charge in [-0.3, -0.25) is 19.4 Å². The van der Waals surface area contributed by atoms with E-state index in [0.717, 1.165) is 74.1 Å². The van der Waals surface area contributed by atoms with Crippen LogP contribution in [-0.2, 0) is 22.5 Å². The minimum absolute atomic E-state index is 0.166. The largest absolute Gasteiger partial charge is 0.379 e. The van der Waals surface area contributed by atoms with Crippen LogP contribution < -0.4 is 5.32 Å². The third kappa shape index (κ3) is 6.18. The van der Waals surface area contributed by atoms with E-state index in [4.69, 9.17) is 4.74 Å². The number of anilines is 1. The predicted molar refractivity (Wildman–Crippen MR) is 133 cm³/mol. The maximum absolute atomic E-state index is 12.5. The van der Waals surface area contributed by atoms with E-state index in [-0.39, 0.29) is 5.91 Å². The van der Waals surface area contributed by atoms with Crippen LogP contribution in [0.2, 0.25) is 0 Å². The highest BCUT2D eigenvalue weighted by Gasteiger charge is 2.22. The molecule has 1 saturated heterocycles. The number of pyridine rings is 1. The van der Waals surface area contributed by atoms with Crippen LogP contribution in [0.1, 0.15) is 24.0 Å². The summed E-state index contributed by atoms with van der Waals surface area (Å²) in [5, 5.41) is 7.44. The topological polar surface area (TPSA) is 72.3 Å². The van der Waals surface area contributed by atoms with E-state index in [2.05, 4.69) is 38.6 Å². The highest BCUT2D eigenvalue weighted by molar-refractivity contribution is 6.02. The van der Waals surface area contributed by atoms with Crippen molar-refractivity contribution in [2.24, 2.45) is 5.92 Å². The Morgan fingerprint density at radius 3 is 2.74 bits per heavy atom. The summed E-state index contributed by atoms with van der Waals surface area (Å²) < 4.78 is 7.41. The molecular weight excluding hydrogens is 426 g/mol. The lowest BCUT2D eigenvalue weighted by atomic mass is 10.0. The molecule has 1 saturated carbocycles. The number of nitrogens with zero attached hydrogens (tertiary/aromatic N) is 4.